The molecule has 1 N–H and O–H groups in total. The molecule has 1 aromatic heterocycles. The zero-order chi connectivity index (χ0) is 13.0. The highest BCUT2D eigenvalue weighted by molar-refractivity contribution is 5.25. The molecule has 1 saturated carbocycles. The van der Waals surface area contributed by atoms with Gasteiger partial charge in [0.1, 0.15) is 11.6 Å². The van der Waals surface area contributed by atoms with Gasteiger partial charge in [-0.25, -0.2) is 4.79 Å². The summed E-state index contributed by atoms with van der Waals surface area (Å²) >= 11 is 0. The molecule has 1 fully saturated rings. The summed E-state index contributed by atoms with van der Waals surface area (Å²) in [4.78, 5) is 25.2. The second-order valence-electron chi connectivity index (χ2n) is 5.67. The summed E-state index contributed by atoms with van der Waals surface area (Å²) in [6.45, 7) is 8.28. The molecular formula is C12H15N3O2. The van der Waals surface area contributed by atoms with Crippen molar-refractivity contribution in [2.45, 2.75) is 33.7 Å². The molecule has 0 spiro atoms. The third-order valence-electron chi connectivity index (χ3n) is 4.31. The number of aromatic amines is 1. The molecule has 0 bridgehead atoms. The molecule has 0 unspecified atom stereocenters. The number of aromatic nitrogens is 2. The van der Waals surface area contributed by atoms with Crippen LogP contribution in [0.1, 0.15) is 39.3 Å². The van der Waals surface area contributed by atoms with E-state index < -0.39 is 11.2 Å². The monoisotopic (exact) mass is 233 g/mol. The van der Waals surface area contributed by atoms with Crippen molar-refractivity contribution in [3.63, 3.8) is 0 Å². The fourth-order valence-corrected chi connectivity index (χ4v) is 2.61. The van der Waals surface area contributed by atoms with Crippen LogP contribution in [0.4, 0.5) is 0 Å². The Morgan fingerprint density at radius 3 is 2.24 bits per heavy atom. The van der Waals surface area contributed by atoms with Gasteiger partial charge in [0.05, 0.1) is 0 Å². The van der Waals surface area contributed by atoms with E-state index in [1.54, 1.807) is 6.07 Å². The number of nitrogens with one attached hydrogen (secondary N) is 1. The third-order valence-corrected chi connectivity index (χ3v) is 4.31. The smallest absolute Gasteiger partial charge is 0.295 e. The molecule has 0 aliphatic heterocycles. The molecule has 0 atom stereocenters. The zero-order valence-electron chi connectivity index (χ0n) is 10.4. The van der Waals surface area contributed by atoms with Gasteiger partial charge in [0.15, 0.2) is 0 Å². The Bertz CT molecular complexity index is 614. The number of hydrogen-bond acceptors (Lipinski definition) is 3. The van der Waals surface area contributed by atoms with Gasteiger partial charge in [-0.05, 0) is 10.8 Å². The minimum Gasteiger partial charge on any atom is -0.295 e. The molecule has 1 aliphatic carbocycles. The maximum atomic E-state index is 11.8. The first-order valence-electron chi connectivity index (χ1n) is 5.49. The summed E-state index contributed by atoms with van der Waals surface area (Å²) in [7, 11) is 0. The van der Waals surface area contributed by atoms with Crippen LogP contribution in [-0.4, -0.2) is 9.55 Å². The Balaban J connectivity index is 2.62. The third kappa shape index (κ3) is 1.37. The molecule has 2 rings (SSSR count). The van der Waals surface area contributed by atoms with Gasteiger partial charge in [0, 0.05) is 12.2 Å². The number of nitriles is 1. The van der Waals surface area contributed by atoms with Crippen molar-refractivity contribution >= 4 is 0 Å². The van der Waals surface area contributed by atoms with Crippen LogP contribution in [0.2, 0.25) is 0 Å². The largest absolute Gasteiger partial charge is 0.328 e. The van der Waals surface area contributed by atoms with Crippen LogP contribution >= 0.6 is 0 Å². The molecule has 5 nitrogen and oxygen atoms in total. The molecule has 90 valence electrons. The lowest BCUT2D eigenvalue weighted by molar-refractivity contribution is 0.457. The van der Waals surface area contributed by atoms with Gasteiger partial charge in [-0.3, -0.25) is 14.3 Å². The van der Waals surface area contributed by atoms with Gasteiger partial charge in [-0.1, -0.05) is 27.7 Å². The Morgan fingerprint density at radius 2 is 1.82 bits per heavy atom. The molecule has 5 heteroatoms. The van der Waals surface area contributed by atoms with Crippen LogP contribution < -0.4 is 11.2 Å². The first-order chi connectivity index (χ1) is 7.73. The summed E-state index contributed by atoms with van der Waals surface area (Å²) in [5, 5.41) is 8.81. The Morgan fingerprint density at radius 1 is 1.29 bits per heavy atom. The second-order valence-corrected chi connectivity index (χ2v) is 5.67. The van der Waals surface area contributed by atoms with Crippen molar-refractivity contribution in [1.29, 1.82) is 5.26 Å². The summed E-state index contributed by atoms with van der Waals surface area (Å²) in [6, 6.07) is 1.80. The van der Waals surface area contributed by atoms with E-state index in [1.807, 2.05) is 0 Å². The molecular weight excluding hydrogens is 218 g/mol. The van der Waals surface area contributed by atoms with Gasteiger partial charge in [0.2, 0.25) is 0 Å². The van der Waals surface area contributed by atoms with Gasteiger partial charge in [-0.15, -0.1) is 0 Å². The molecule has 1 aliphatic rings. The number of rotatable bonds is 1. The van der Waals surface area contributed by atoms with E-state index in [-0.39, 0.29) is 22.4 Å². The highest BCUT2D eigenvalue weighted by Gasteiger charge is 2.66. The van der Waals surface area contributed by atoms with Crippen LogP contribution in [0.15, 0.2) is 15.8 Å². The highest BCUT2D eigenvalue weighted by atomic mass is 16.2. The predicted octanol–water partition coefficient (Wildman–Crippen LogP) is 1.02. The van der Waals surface area contributed by atoms with E-state index in [9.17, 15) is 9.59 Å². The van der Waals surface area contributed by atoms with E-state index >= 15 is 0 Å². The molecule has 0 saturated heterocycles. The van der Waals surface area contributed by atoms with E-state index in [0.29, 0.717) is 0 Å². The summed E-state index contributed by atoms with van der Waals surface area (Å²) in [5.41, 5.74) is -1.14. The van der Waals surface area contributed by atoms with Crippen molar-refractivity contribution in [2.24, 2.45) is 10.8 Å². The lowest BCUT2D eigenvalue weighted by Gasteiger charge is -2.06. The first-order valence-corrected chi connectivity index (χ1v) is 5.49. The van der Waals surface area contributed by atoms with Crippen LogP contribution in [0.25, 0.3) is 0 Å². The molecule has 1 aromatic rings. The normalized spacial score (nSPS) is 20.9. The number of hydrogen-bond donors (Lipinski definition) is 1. The number of nitrogens with zero attached hydrogens (tertiary/aromatic N) is 2. The lowest BCUT2D eigenvalue weighted by atomic mass is 10.0. The summed E-state index contributed by atoms with van der Waals surface area (Å²) in [5.74, 6) is 0. The topological polar surface area (TPSA) is 78.7 Å². The minimum atomic E-state index is -0.620. The molecule has 1 heterocycles. The minimum absolute atomic E-state index is 0.00597. The van der Waals surface area contributed by atoms with E-state index in [2.05, 4.69) is 32.7 Å². The fraction of sp³-hybridized carbons (Fsp3) is 0.583. The molecule has 0 aromatic carbocycles. The SMILES string of the molecule is CC1(C)C(n2cc(C#N)c(=O)[nH]c2=O)C1(C)C. The van der Waals surface area contributed by atoms with Crippen molar-refractivity contribution < 1.29 is 0 Å². The zero-order valence-corrected chi connectivity index (χ0v) is 10.4. The maximum absolute atomic E-state index is 11.8. The Labute approximate surface area is 98.7 Å². The Hall–Kier alpha value is -1.83. The molecule has 0 radical (unpaired) electrons. The standard InChI is InChI=1S/C12H15N3O2/c1-11(2)9(12(11,3)4)15-6-7(5-13)8(16)14-10(15)17/h6,9H,1-4H3,(H,14,16,17). The van der Waals surface area contributed by atoms with Crippen LogP contribution in [-0.2, 0) is 0 Å². The summed E-state index contributed by atoms with van der Waals surface area (Å²) in [6.07, 6.45) is 1.36. The lowest BCUT2D eigenvalue weighted by Crippen LogP contribution is -2.31. The van der Waals surface area contributed by atoms with Crippen LogP contribution in [0, 0.1) is 22.2 Å². The molecule has 17 heavy (non-hydrogen) atoms. The van der Waals surface area contributed by atoms with Crippen molar-refractivity contribution in [3.8, 4) is 6.07 Å². The van der Waals surface area contributed by atoms with Crippen molar-refractivity contribution in [3.05, 3.63) is 32.6 Å². The quantitative estimate of drug-likeness (QED) is 0.786. The van der Waals surface area contributed by atoms with E-state index in [0.717, 1.165) is 0 Å². The van der Waals surface area contributed by atoms with Crippen LogP contribution in [0.3, 0.4) is 0 Å². The van der Waals surface area contributed by atoms with E-state index in [4.69, 9.17) is 5.26 Å². The van der Waals surface area contributed by atoms with E-state index in [1.165, 1.54) is 10.8 Å². The maximum Gasteiger partial charge on any atom is 0.328 e. The number of H-pyrrole nitrogens is 1. The average molecular weight is 233 g/mol. The van der Waals surface area contributed by atoms with Crippen LogP contribution in [0.5, 0.6) is 0 Å². The Kier molecular flexibility index (Phi) is 2.12. The molecule has 0 amide bonds. The van der Waals surface area contributed by atoms with Gasteiger partial charge in [0.25, 0.3) is 5.56 Å². The second kappa shape index (κ2) is 3.10. The van der Waals surface area contributed by atoms with Gasteiger partial charge < -0.3 is 0 Å². The predicted molar refractivity (Wildman–Crippen MR) is 62.6 cm³/mol. The van der Waals surface area contributed by atoms with Crippen molar-refractivity contribution in [1.82, 2.24) is 9.55 Å². The van der Waals surface area contributed by atoms with Crippen molar-refractivity contribution in [2.75, 3.05) is 0 Å². The summed E-state index contributed by atoms with van der Waals surface area (Å²) < 4.78 is 1.47. The van der Waals surface area contributed by atoms with Gasteiger partial charge in [-0.2, -0.15) is 5.26 Å². The first kappa shape index (κ1) is 11.6. The highest BCUT2D eigenvalue weighted by Crippen LogP contribution is 2.70. The average Bonchev–Trinajstić information content (AvgIpc) is 2.60. The fourth-order valence-electron chi connectivity index (χ4n) is 2.61. The van der Waals surface area contributed by atoms with Gasteiger partial charge >= 0.3 is 5.69 Å².